The largest absolute Gasteiger partial charge is 0.417 e. The van der Waals surface area contributed by atoms with E-state index in [9.17, 15) is 48.0 Å². The van der Waals surface area contributed by atoms with Crippen molar-refractivity contribution in [3.8, 4) is 0 Å². The van der Waals surface area contributed by atoms with Gasteiger partial charge in [0.15, 0.2) is 9.84 Å². The molecule has 0 aliphatic heterocycles. The number of carbonyl (C=O) groups is 1. The molecule has 3 rings (SSSR count). The van der Waals surface area contributed by atoms with E-state index in [-0.39, 0.29) is 10.5 Å². The highest BCUT2D eigenvalue weighted by atomic mass is 32.2. The third kappa shape index (κ3) is 6.58. The molecule has 15 heteroatoms. The van der Waals surface area contributed by atoms with E-state index >= 15 is 0 Å². The summed E-state index contributed by atoms with van der Waals surface area (Å²) in [6, 6.07) is 8.31. The van der Waals surface area contributed by atoms with Crippen LogP contribution in [-0.2, 0) is 38.6 Å². The number of pyridine rings is 1. The van der Waals surface area contributed by atoms with Gasteiger partial charge in [-0.2, -0.15) is 26.3 Å². The van der Waals surface area contributed by atoms with E-state index in [4.69, 9.17) is 0 Å². The zero-order chi connectivity index (χ0) is 29.4. The van der Waals surface area contributed by atoms with Crippen LogP contribution in [0.25, 0.3) is 0 Å². The monoisotopic (exact) mass is 594 g/mol. The van der Waals surface area contributed by atoms with Crippen LogP contribution in [0, 0.1) is 0 Å². The maximum absolute atomic E-state index is 13.2. The Kier molecular flexibility index (Phi) is 8.18. The second-order valence-electron chi connectivity index (χ2n) is 8.52. The van der Waals surface area contributed by atoms with Crippen LogP contribution in [0.5, 0.6) is 0 Å². The molecular formula is C24H20F6N2O5S2. The molecule has 0 bridgehead atoms. The normalized spacial score (nSPS) is 12.9. The molecule has 0 spiro atoms. The fourth-order valence-electron chi connectivity index (χ4n) is 3.31. The first kappa shape index (κ1) is 30.1. The summed E-state index contributed by atoms with van der Waals surface area (Å²) in [7, 11) is -8.77. The summed E-state index contributed by atoms with van der Waals surface area (Å²) < 4.78 is 130. The number of halogens is 6. The number of alkyl halides is 6. The molecule has 0 unspecified atom stereocenters. The smallest absolute Gasteiger partial charge is 0.347 e. The van der Waals surface area contributed by atoms with Gasteiger partial charge in [-0.1, -0.05) is 18.2 Å². The van der Waals surface area contributed by atoms with Crippen molar-refractivity contribution in [1.82, 2.24) is 10.3 Å². The van der Waals surface area contributed by atoms with Gasteiger partial charge in [0.25, 0.3) is 5.91 Å². The first-order valence-electron chi connectivity index (χ1n) is 11.0. The average Bonchev–Trinajstić information content (AvgIpc) is 2.86. The number of nitrogens with one attached hydrogen (secondary N) is 1. The van der Waals surface area contributed by atoms with Crippen molar-refractivity contribution in [2.75, 3.05) is 0 Å². The van der Waals surface area contributed by atoms with Crippen molar-refractivity contribution in [3.05, 3.63) is 83.2 Å². The van der Waals surface area contributed by atoms with E-state index in [1.165, 1.54) is 26.0 Å². The van der Waals surface area contributed by atoms with Crippen LogP contribution in [0.3, 0.4) is 0 Å². The van der Waals surface area contributed by atoms with Gasteiger partial charge in [0.05, 0.1) is 31.1 Å². The summed E-state index contributed by atoms with van der Waals surface area (Å²) in [5.41, 5.74) is -3.17. The molecule has 2 aromatic carbocycles. The summed E-state index contributed by atoms with van der Waals surface area (Å²) in [5, 5.41) is 1.11. The summed E-state index contributed by atoms with van der Waals surface area (Å²) in [6.07, 6.45) is -9.38. The number of hydrogen-bond acceptors (Lipinski definition) is 6. The molecule has 0 saturated heterocycles. The summed E-state index contributed by atoms with van der Waals surface area (Å²) >= 11 is 0. The Morgan fingerprint density at radius 1 is 0.846 bits per heavy atom. The van der Waals surface area contributed by atoms with Gasteiger partial charge in [-0.3, -0.25) is 4.79 Å². The Morgan fingerprint density at radius 2 is 1.41 bits per heavy atom. The van der Waals surface area contributed by atoms with Crippen LogP contribution >= 0.6 is 0 Å². The predicted octanol–water partition coefficient (Wildman–Crippen LogP) is 5.06. The molecule has 0 saturated carbocycles. The summed E-state index contributed by atoms with van der Waals surface area (Å²) in [4.78, 5) is 14.3. The summed E-state index contributed by atoms with van der Waals surface area (Å²) in [5.74, 6) is -1.14. The van der Waals surface area contributed by atoms with Crippen molar-refractivity contribution in [2.24, 2.45) is 0 Å². The lowest BCUT2D eigenvalue weighted by Crippen LogP contribution is -2.28. The first-order chi connectivity index (χ1) is 17.8. The molecular weight excluding hydrogens is 574 g/mol. The van der Waals surface area contributed by atoms with E-state index in [2.05, 4.69) is 10.3 Å². The predicted molar refractivity (Wildman–Crippen MR) is 126 cm³/mol. The SMILES string of the molecule is CC(C)S(=O)(=O)c1cc(C(F)(F)F)cnc1C(=O)NCc1cccc(S(=O)(=O)c2cccc(C(F)(F)F)c2)c1. The Morgan fingerprint density at radius 3 is 1.97 bits per heavy atom. The molecule has 0 radical (unpaired) electrons. The molecule has 39 heavy (non-hydrogen) atoms. The maximum Gasteiger partial charge on any atom is 0.417 e. The van der Waals surface area contributed by atoms with Crippen molar-refractivity contribution in [2.45, 2.75) is 52.7 Å². The number of nitrogens with zero attached hydrogens (tertiary/aromatic N) is 1. The Hall–Kier alpha value is -3.46. The second-order valence-corrected chi connectivity index (χ2v) is 12.9. The van der Waals surface area contributed by atoms with E-state index < -0.39 is 76.3 Å². The minimum absolute atomic E-state index is 0.150. The van der Waals surface area contributed by atoms with E-state index in [1.54, 1.807) is 0 Å². The fraction of sp³-hybridized carbons (Fsp3) is 0.250. The number of rotatable bonds is 7. The van der Waals surface area contributed by atoms with Crippen LogP contribution in [-0.4, -0.2) is 33.0 Å². The molecule has 1 amide bonds. The Labute approximate surface area is 219 Å². The molecule has 1 N–H and O–H groups in total. The van der Waals surface area contributed by atoms with Gasteiger partial charge in [-0.05, 0) is 55.8 Å². The molecule has 1 heterocycles. The van der Waals surface area contributed by atoms with Gasteiger partial charge in [0.1, 0.15) is 5.69 Å². The third-order valence-electron chi connectivity index (χ3n) is 5.46. The molecule has 1 aromatic heterocycles. The van der Waals surface area contributed by atoms with E-state index in [0.717, 1.165) is 24.3 Å². The number of sulfone groups is 2. The highest BCUT2D eigenvalue weighted by Crippen LogP contribution is 2.33. The number of amides is 1. The van der Waals surface area contributed by atoms with E-state index in [0.29, 0.717) is 24.4 Å². The number of aromatic nitrogens is 1. The lowest BCUT2D eigenvalue weighted by molar-refractivity contribution is -0.138. The Balaban J connectivity index is 1.91. The van der Waals surface area contributed by atoms with Crippen molar-refractivity contribution >= 4 is 25.6 Å². The number of benzene rings is 2. The quantitative estimate of drug-likeness (QED) is 0.383. The van der Waals surface area contributed by atoms with Crippen LogP contribution in [0.2, 0.25) is 0 Å². The zero-order valence-corrected chi connectivity index (χ0v) is 21.8. The molecule has 3 aromatic rings. The van der Waals surface area contributed by atoms with Crippen molar-refractivity contribution < 1.29 is 48.0 Å². The lowest BCUT2D eigenvalue weighted by Gasteiger charge is -2.15. The van der Waals surface area contributed by atoms with E-state index in [1.807, 2.05) is 0 Å². The minimum Gasteiger partial charge on any atom is -0.347 e. The van der Waals surface area contributed by atoms with Crippen LogP contribution in [0.4, 0.5) is 26.3 Å². The first-order valence-corrected chi connectivity index (χ1v) is 14.0. The van der Waals surface area contributed by atoms with Gasteiger partial charge >= 0.3 is 12.4 Å². The van der Waals surface area contributed by atoms with Crippen LogP contribution in [0.1, 0.15) is 41.0 Å². The lowest BCUT2D eigenvalue weighted by atomic mass is 10.2. The zero-order valence-electron chi connectivity index (χ0n) is 20.1. The van der Waals surface area contributed by atoms with Gasteiger partial charge < -0.3 is 5.32 Å². The standard InChI is InChI=1S/C24H20F6N2O5S2/c1-14(2)38(34,35)20-11-17(24(28,29)30)13-31-21(20)22(33)32-12-15-5-3-7-18(9-15)39(36,37)19-8-4-6-16(10-19)23(25,26)27/h3-11,13-14H,12H2,1-2H3,(H,32,33). The molecule has 210 valence electrons. The number of carbonyl (C=O) groups excluding carboxylic acids is 1. The molecule has 7 nitrogen and oxygen atoms in total. The van der Waals surface area contributed by atoms with Crippen LogP contribution < -0.4 is 5.32 Å². The van der Waals surface area contributed by atoms with Crippen LogP contribution in [0.15, 0.2) is 75.5 Å². The van der Waals surface area contributed by atoms with Gasteiger partial charge in [0.2, 0.25) is 9.84 Å². The topological polar surface area (TPSA) is 110 Å². The van der Waals surface area contributed by atoms with Gasteiger partial charge in [-0.15, -0.1) is 0 Å². The maximum atomic E-state index is 13.2. The molecule has 0 atom stereocenters. The fourth-order valence-corrected chi connectivity index (χ4v) is 5.90. The Bertz CT molecular complexity index is 1620. The number of hydrogen-bond donors (Lipinski definition) is 1. The minimum atomic E-state index is -4.92. The second kappa shape index (κ2) is 10.6. The summed E-state index contributed by atoms with van der Waals surface area (Å²) in [6.45, 7) is 2.02. The highest BCUT2D eigenvalue weighted by molar-refractivity contribution is 7.92. The molecule has 0 fully saturated rings. The van der Waals surface area contributed by atoms with Gasteiger partial charge in [0, 0.05) is 12.7 Å². The van der Waals surface area contributed by atoms with Crippen molar-refractivity contribution in [3.63, 3.8) is 0 Å². The van der Waals surface area contributed by atoms with Crippen molar-refractivity contribution in [1.29, 1.82) is 0 Å². The molecule has 0 aliphatic rings. The molecule has 0 aliphatic carbocycles. The average molecular weight is 595 g/mol. The highest BCUT2D eigenvalue weighted by Gasteiger charge is 2.36. The van der Waals surface area contributed by atoms with Gasteiger partial charge in [-0.25, -0.2) is 21.8 Å². The third-order valence-corrected chi connectivity index (χ3v) is 9.37.